The lowest BCUT2D eigenvalue weighted by atomic mass is 10.0. The molecule has 1 atom stereocenters. The molecule has 1 aromatic carbocycles. The number of furan rings is 1. The molecule has 2 heterocycles. The van der Waals surface area contributed by atoms with Gasteiger partial charge in [0.25, 0.3) is 5.91 Å². The Bertz CT molecular complexity index is 875. The SMILES string of the molecule is CC(C)=CC(=O)OCC(=O)N1N=C(c2ccc(C)cc2)C[C@@H]1c1ccco1. The maximum atomic E-state index is 12.7. The number of esters is 1. The highest BCUT2D eigenvalue weighted by Gasteiger charge is 2.35. The average Bonchev–Trinajstić information content (AvgIpc) is 3.29. The number of carbonyl (C=O) groups excluding carboxylic acids is 2. The van der Waals surface area contributed by atoms with Crippen molar-refractivity contribution in [2.24, 2.45) is 5.10 Å². The van der Waals surface area contributed by atoms with E-state index in [-0.39, 0.29) is 12.6 Å². The summed E-state index contributed by atoms with van der Waals surface area (Å²) in [5.74, 6) is -0.293. The van der Waals surface area contributed by atoms with Gasteiger partial charge in [-0.05, 0) is 38.5 Å². The first-order valence-corrected chi connectivity index (χ1v) is 8.75. The summed E-state index contributed by atoms with van der Waals surface area (Å²) in [5.41, 5.74) is 3.70. The van der Waals surface area contributed by atoms with Crippen molar-refractivity contribution in [1.82, 2.24) is 5.01 Å². The standard InChI is InChI=1S/C21H22N2O4/c1-14(2)11-21(25)27-13-20(24)23-18(19-5-4-10-26-19)12-17(22-23)16-8-6-15(3)7-9-16/h4-11,18H,12-13H2,1-3H3/t18-/m1/s1. The normalized spacial score (nSPS) is 16.0. The second-order valence-corrected chi connectivity index (χ2v) is 6.72. The Kier molecular flexibility index (Phi) is 5.54. The van der Waals surface area contributed by atoms with E-state index in [1.165, 1.54) is 11.1 Å². The summed E-state index contributed by atoms with van der Waals surface area (Å²) in [4.78, 5) is 24.3. The van der Waals surface area contributed by atoms with Gasteiger partial charge in [-0.2, -0.15) is 5.10 Å². The minimum atomic E-state index is -0.542. The molecule has 6 nitrogen and oxygen atoms in total. The largest absolute Gasteiger partial charge is 0.467 e. The van der Waals surface area contributed by atoms with Crippen molar-refractivity contribution in [2.75, 3.05) is 6.61 Å². The first-order valence-electron chi connectivity index (χ1n) is 8.75. The molecule has 0 bridgehead atoms. The van der Waals surface area contributed by atoms with Gasteiger partial charge in [0.1, 0.15) is 11.8 Å². The second-order valence-electron chi connectivity index (χ2n) is 6.72. The molecule has 0 unspecified atom stereocenters. The molecule has 1 amide bonds. The van der Waals surface area contributed by atoms with Gasteiger partial charge in [-0.1, -0.05) is 35.4 Å². The van der Waals surface area contributed by atoms with E-state index in [0.717, 1.165) is 22.4 Å². The first kappa shape index (κ1) is 18.6. The van der Waals surface area contributed by atoms with E-state index < -0.39 is 11.9 Å². The Hall–Kier alpha value is -3.15. The van der Waals surface area contributed by atoms with E-state index in [4.69, 9.17) is 9.15 Å². The summed E-state index contributed by atoms with van der Waals surface area (Å²) >= 11 is 0. The van der Waals surface area contributed by atoms with Crippen LogP contribution in [0, 0.1) is 6.92 Å². The van der Waals surface area contributed by atoms with Crippen LogP contribution in [0.25, 0.3) is 0 Å². The molecule has 0 fully saturated rings. The topological polar surface area (TPSA) is 72.1 Å². The quantitative estimate of drug-likeness (QED) is 0.596. The van der Waals surface area contributed by atoms with Crippen LogP contribution in [0.15, 0.2) is 63.8 Å². The van der Waals surface area contributed by atoms with E-state index in [2.05, 4.69) is 5.10 Å². The van der Waals surface area contributed by atoms with Crippen molar-refractivity contribution < 1.29 is 18.7 Å². The van der Waals surface area contributed by atoms with Crippen LogP contribution in [0.1, 0.15) is 43.2 Å². The van der Waals surface area contributed by atoms with Gasteiger partial charge in [-0.15, -0.1) is 0 Å². The summed E-state index contributed by atoms with van der Waals surface area (Å²) in [6, 6.07) is 11.2. The molecule has 0 N–H and O–H groups in total. The first-order chi connectivity index (χ1) is 12.9. The van der Waals surface area contributed by atoms with Gasteiger partial charge >= 0.3 is 5.97 Å². The lowest BCUT2D eigenvalue weighted by Crippen LogP contribution is -2.31. The van der Waals surface area contributed by atoms with Crippen molar-refractivity contribution in [3.63, 3.8) is 0 Å². The van der Waals surface area contributed by atoms with E-state index in [0.29, 0.717) is 12.2 Å². The van der Waals surface area contributed by atoms with E-state index >= 15 is 0 Å². The molecule has 27 heavy (non-hydrogen) atoms. The minimum Gasteiger partial charge on any atom is -0.467 e. The summed E-state index contributed by atoms with van der Waals surface area (Å²) in [5, 5.41) is 5.85. The van der Waals surface area contributed by atoms with Crippen molar-refractivity contribution in [3.8, 4) is 0 Å². The van der Waals surface area contributed by atoms with Gasteiger partial charge in [0.15, 0.2) is 6.61 Å². The van der Waals surface area contributed by atoms with Crippen LogP contribution in [0.4, 0.5) is 0 Å². The van der Waals surface area contributed by atoms with Gasteiger partial charge < -0.3 is 9.15 Å². The monoisotopic (exact) mass is 366 g/mol. The third-order valence-electron chi connectivity index (χ3n) is 4.17. The predicted octanol–water partition coefficient (Wildman–Crippen LogP) is 3.78. The van der Waals surface area contributed by atoms with E-state index in [1.54, 1.807) is 26.2 Å². The highest BCUT2D eigenvalue weighted by Crippen LogP contribution is 2.33. The fourth-order valence-corrected chi connectivity index (χ4v) is 2.84. The summed E-state index contributed by atoms with van der Waals surface area (Å²) in [7, 11) is 0. The molecule has 2 aromatic rings. The lowest BCUT2D eigenvalue weighted by molar-refractivity contribution is -0.149. The highest BCUT2D eigenvalue weighted by molar-refractivity contribution is 6.03. The van der Waals surface area contributed by atoms with Gasteiger partial charge in [0.05, 0.1) is 12.0 Å². The highest BCUT2D eigenvalue weighted by atomic mass is 16.5. The predicted molar refractivity (Wildman–Crippen MR) is 101 cm³/mol. The summed E-state index contributed by atoms with van der Waals surface area (Å²) in [6.45, 7) is 5.22. The smallest absolute Gasteiger partial charge is 0.331 e. The minimum absolute atomic E-state index is 0.356. The van der Waals surface area contributed by atoms with Crippen LogP contribution in [-0.2, 0) is 14.3 Å². The number of amides is 1. The molecule has 1 aliphatic rings. The Morgan fingerprint density at radius 1 is 1.26 bits per heavy atom. The van der Waals surface area contributed by atoms with Crippen molar-refractivity contribution in [3.05, 3.63) is 71.2 Å². The summed E-state index contributed by atoms with van der Waals surface area (Å²) in [6.07, 6.45) is 3.45. The van der Waals surface area contributed by atoms with Gasteiger partial charge in [0, 0.05) is 12.5 Å². The number of allylic oxidation sites excluding steroid dienone is 1. The molecule has 140 valence electrons. The van der Waals surface area contributed by atoms with E-state index in [9.17, 15) is 9.59 Å². The van der Waals surface area contributed by atoms with Crippen LogP contribution in [0.3, 0.4) is 0 Å². The third-order valence-corrected chi connectivity index (χ3v) is 4.17. The molecule has 0 saturated carbocycles. The Labute approximate surface area is 158 Å². The molecule has 1 aromatic heterocycles. The second kappa shape index (κ2) is 8.03. The number of hydrogen-bond donors (Lipinski definition) is 0. The maximum Gasteiger partial charge on any atom is 0.331 e. The molecule has 0 spiro atoms. The molecule has 1 aliphatic heterocycles. The molecule has 0 saturated heterocycles. The van der Waals surface area contributed by atoms with Crippen LogP contribution >= 0.6 is 0 Å². The average molecular weight is 366 g/mol. The number of rotatable bonds is 5. The number of carbonyl (C=O) groups is 2. The van der Waals surface area contributed by atoms with Gasteiger partial charge in [-0.25, -0.2) is 9.80 Å². The molecule has 0 radical (unpaired) electrons. The summed E-state index contributed by atoms with van der Waals surface area (Å²) < 4.78 is 10.5. The van der Waals surface area contributed by atoms with Crippen molar-refractivity contribution in [2.45, 2.75) is 33.2 Å². The Morgan fingerprint density at radius 2 is 2.00 bits per heavy atom. The zero-order chi connectivity index (χ0) is 19.4. The van der Waals surface area contributed by atoms with Crippen LogP contribution in [-0.4, -0.2) is 29.2 Å². The number of hydrazone groups is 1. The zero-order valence-electron chi connectivity index (χ0n) is 15.6. The molecule has 3 rings (SSSR count). The maximum absolute atomic E-state index is 12.7. The molecular weight excluding hydrogens is 344 g/mol. The zero-order valence-corrected chi connectivity index (χ0v) is 15.6. The number of ether oxygens (including phenoxy) is 1. The number of hydrogen-bond acceptors (Lipinski definition) is 5. The van der Waals surface area contributed by atoms with Gasteiger partial charge in [0.2, 0.25) is 0 Å². The van der Waals surface area contributed by atoms with Crippen LogP contribution < -0.4 is 0 Å². The molecule has 0 aliphatic carbocycles. The molecule has 6 heteroatoms. The van der Waals surface area contributed by atoms with Crippen molar-refractivity contribution >= 4 is 17.6 Å². The third kappa shape index (κ3) is 4.53. The molecular formula is C21H22N2O4. The lowest BCUT2D eigenvalue weighted by Gasteiger charge is -2.19. The fraction of sp³-hybridized carbons (Fsp3) is 0.286. The van der Waals surface area contributed by atoms with Crippen molar-refractivity contribution in [1.29, 1.82) is 0 Å². The van der Waals surface area contributed by atoms with Crippen LogP contribution in [0.2, 0.25) is 0 Å². The number of aryl methyl sites for hydroxylation is 1. The fourth-order valence-electron chi connectivity index (χ4n) is 2.84. The number of nitrogens with zero attached hydrogens (tertiary/aromatic N) is 2. The van der Waals surface area contributed by atoms with Gasteiger partial charge in [-0.3, -0.25) is 4.79 Å². The Morgan fingerprint density at radius 3 is 2.63 bits per heavy atom. The van der Waals surface area contributed by atoms with Crippen LogP contribution in [0.5, 0.6) is 0 Å². The van der Waals surface area contributed by atoms with E-state index in [1.807, 2.05) is 37.3 Å². The Balaban J connectivity index is 1.79. The number of benzene rings is 1.